The minimum Gasteiger partial charge on any atom is -0.464 e. The number of amidine groups is 1. The Morgan fingerprint density at radius 1 is 0.722 bits per heavy atom. The molecule has 0 amide bonds. The maximum atomic E-state index is 13.3. The maximum absolute atomic E-state index is 13.3. The van der Waals surface area contributed by atoms with E-state index in [1.54, 1.807) is 39.8 Å². The lowest BCUT2D eigenvalue weighted by molar-refractivity contribution is -0.144. The zero-order valence-corrected chi connectivity index (χ0v) is 20.6. The first-order valence-electron chi connectivity index (χ1n) is 11.7. The summed E-state index contributed by atoms with van der Waals surface area (Å²) in [5.41, 5.74) is 1.55. The highest BCUT2D eigenvalue weighted by molar-refractivity contribution is 6.42. The SMILES string of the molecule is CCOC(=O)C1=Nc2ccc(C(=O)OCC)cc2C(C(=O)OCC)N1c1ccc(C(=O)OCC)cc1. The van der Waals surface area contributed by atoms with Crippen molar-refractivity contribution in [2.24, 2.45) is 4.99 Å². The number of rotatable bonds is 9. The summed E-state index contributed by atoms with van der Waals surface area (Å²) in [5, 5.41) is 0. The summed E-state index contributed by atoms with van der Waals surface area (Å²) < 4.78 is 20.7. The molecular weight excluding hydrogens is 468 g/mol. The van der Waals surface area contributed by atoms with Crippen molar-refractivity contribution in [1.29, 1.82) is 0 Å². The predicted molar refractivity (Wildman–Crippen MR) is 130 cm³/mol. The van der Waals surface area contributed by atoms with Crippen molar-refractivity contribution < 1.29 is 38.1 Å². The van der Waals surface area contributed by atoms with E-state index >= 15 is 0 Å². The first-order valence-corrected chi connectivity index (χ1v) is 11.7. The fraction of sp³-hybridized carbons (Fsp3) is 0.346. The van der Waals surface area contributed by atoms with Gasteiger partial charge < -0.3 is 23.8 Å². The lowest BCUT2D eigenvalue weighted by Gasteiger charge is -2.35. The zero-order chi connectivity index (χ0) is 26.2. The molecule has 1 atom stereocenters. The van der Waals surface area contributed by atoms with Crippen molar-refractivity contribution in [2.45, 2.75) is 33.7 Å². The Bertz CT molecular complexity index is 1170. The Morgan fingerprint density at radius 3 is 1.83 bits per heavy atom. The molecular formula is C26H28N2O8. The molecule has 10 heteroatoms. The van der Waals surface area contributed by atoms with Gasteiger partial charge in [0.15, 0.2) is 6.04 Å². The van der Waals surface area contributed by atoms with E-state index in [9.17, 15) is 19.2 Å². The minimum absolute atomic E-state index is 0.0871. The number of benzene rings is 2. The maximum Gasteiger partial charge on any atom is 0.374 e. The van der Waals surface area contributed by atoms with Gasteiger partial charge in [0.05, 0.1) is 43.2 Å². The Balaban J connectivity index is 2.19. The van der Waals surface area contributed by atoms with Gasteiger partial charge >= 0.3 is 23.9 Å². The molecule has 0 N–H and O–H groups in total. The highest BCUT2D eigenvalue weighted by atomic mass is 16.5. The lowest BCUT2D eigenvalue weighted by Crippen LogP contribution is -2.46. The third kappa shape index (κ3) is 5.54. The van der Waals surface area contributed by atoms with E-state index in [-0.39, 0.29) is 37.8 Å². The van der Waals surface area contributed by atoms with E-state index in [4.69, 9.17) is 18.9 Å². The van der Waals surface area contributed by atoms with Crippen LogP contribution in [-0.2, 0) is 28.5 Å². The molecule has 0 aliphatic carbocycles. The van der Waals surface area contributed by atoms with Gasteiger partial charge in [0.1, 0.15) is 0 Å². The molecule has 0 saturated heterocycles. The highest BCUT2D eigenvalue weighted by Gasteiger charge is 2.41. The highest BCUT2D eigenvalue weighted by Crippen LogP contribution is 2.40. The summed E-state index contributed by atoms with van der Waals surface area (Å²) in [4.78, 5) is 56.6. The van der Waals surface area contributed by atoms with Crippen LogP contribution in [0.3, 0.4) is 0 Å². The summed E-state index contributed by atoms with van der Waals surface area (Å²) in [6, 6.07) is 9.54. The van der Waals surface area contributed by atoms with Crippen molar-refractivity contribution in [3.05, 3.63) is 59.2 Å². The molecule has 0 bridgehead atoms. The standard InChI is InChI=1S/C26H28N2O8/c1-5-33-23(29)16-9-12-18(13-10-16)28-21(25(31)35-7-3)19-15-17(24(30)34-6-2)11-14-20(19)27-22(28)26(32)36-8-4/h9-15,21H,5-8H2,1-4H3. The van der Waals surface area contributed by atoms with Crippen molar-refractivity contribution in [3.8, 4) is 0 Å². The van der Waals surface area contributed by atoms with Crippen LogP contribution < -0.4 is 4.90 Å². The zero-order valence-electron chi connectivity index (χ0n) is 20.6. The molecule has 1 aliphatic heterocycles. The number of fused-ring (bicyclic) bond motifs is 1. The van der Waals surface area contributed by atoms with E-state index in [1.165, 1.54) is 35.2 Å². The molecule has 0 fully saturated rings. The third-order valence-corrected chi connectivity index (χ3v) is 5.17. The van der Waals surface area contributed by atoms with E-state index in [0.717, 1.165) is 0 Å². The molecule has 1 heterocycles. The van der Waals surface area contributed by atoms with Crippen LogP contribution in [0.4, 0.5) is 11.4 Å². The molecule has 1 aliphatic rings. The Morgan fingerprint density at radius 2 is 1.25 bits per heavy atom. The van der Waals surface area contributed by atoms with E-state index in [2.05, 4.69) is 4.99 Å². The Hall–Kier alpha value is -4.21. The van der Waals surface area contributed by atoms with Crippen LogP contribution in [0, 0.1) is 0 Å². The summed E-state index contributed by atoms with van der Waals surface area (Å²) in [7, 11) is 0. The van der Waals surface area contributed by atoms with Gasteiger partial charge in [0, 0.05) is 11.3 Å². The topological polar surface area (TPSA) is 121 Å². The number of esters is 4. The normalized spacial score (nSPS) is 14.3. The van der Waals surface area contributed by atoms with Gasteiger partial charge in [0.2, 0.25) is 5.84 Å². The van der Waals surface area contributed by atoms with Gasteiger partial charge in [-0.2, -0.15) is 0 Å². The van der Waals surface area contributed by atoms with E-state index in [0.29, 0.717) is 22.5 Å². The smallest absolute Gasteiger partial charge is 0.374 e. The van der Waals surface area contributed by atoms with Gasteiger partial charge in [0.25, 0.3) is 0 Å². The van der Waals surface area contributed by atoms with Crippen molar-refractivity contribution in [2.75, 3.05) is 31.3 Å². The van der Waals surface area contributed by atoms with Crippen LogP contribution in [0.25, 0.3) is 0 Å². The van der Waals surface area contributed by atoms with Crippen molar-refractivity contribution >= 4 is 41.1 Å². The molecule has 10 nitrogen and oxygen atoms in total. The second kappa shape index (κ2) is 12.0. The molecule has 0 radical (unpaired) electrons. The Kier molecular flexibility index (Phi) is 8.77. The number of nitrogens with zero attached hydrogens (tertiary/aromatic N) is 2. The predicted octanol–water partition coefficient (Wildman–Crippen LogP) is 3.76. The van der Waals surface area contributed by atoms with Crippen LogP contribution in [0.15, 0.2) is 47.5 Å². The van der Waals surface area contributed by atoms with Crippen molar-refractivity contribution in [3.63, 3.8) is 0 Å². The summed E-state index contributed by atoms with van der Waals surface area (Å²) in [5.74, 6) is -2.62. The minimum atomic E-state index is -1.17. The summed E-state index contributed by atoms with van der Waals surface area (Å²) in [6.45, 7) is 7.29. The van der Waals surface area contributed by atoms with E-state index < -0.39 is 29.9 Å². The molecule has 190 valence electrons. The molecule has 0 aromatic heterocycles. The number of carbonyl (C=O) groups is 4. The van der Waals surface area contributed by atoms with E-state index in [1.807, 2.05) is 0 Å². The van der Waals surface area contributed by atoms with Crippen LogP contribution in [0.2, 0.25) is 0 Å². The average Bonchev–Trinajstić information content (AvgIpc) is 2.87. The molecule has 36 heavy (non-hydrogen) atoms. The number of aliphatic imine (C=N–C) groups is 1. The van der Waals surface area contributed by atoms with Crippen LogP contribution in [-0.4, -0.2) is 56.1 Å². The fourth-order valence-corrected chi connectivity index (χ4v) is 3.68. The van der Waals surface area contributed by atoms with Gasteiger partial charge in [-0.15, -0.1) is 0 Å². The average molecular weight is 497 g/mol. The number of anilines is 1. The third-order valence-electron chi connectivity index (χ3n) is 5.17. The number of hydrogen-bond acceptors (Lipinski definition) is 10. The second-order valence-electron chi connectivity index (χ2n) is 7.44. The molecule has 1 unspecified atom stereocenters. The second-order valence-corrected chi connectivity index (χ2v) is 7.44. The monoisotopic (exact) mass is 496 g/mol. The quantitative estimate of drug-likeness (QED) is 0.377. The molecule has 0 saturated carbocycles. The van der Waals surface area contributed by atoms with Gasteiger partial charge in [-0.3, -0.25) is 0 Å². The molecule has 2 aromatic carbocycles. The Labute approximate surface area is 208 Å². The van der Waals surface area contributed by atoms with Gasteiger partial charge in [-0.25, -0.2) is 24.2 Å². The summed E-state index contributed by atoms with van der Waals surface area (Å²) in [6.07, 6.45) is 0. The molecule has 0 spiro atoms. The first-order chi connectivity index (χ1) is 17.4. The first kappa shape index (κ1) is 26.4. The summed E-state index contributed by atoms with van der Waals surface area (Å²) >= 11 is 0. The number of carbonyl (C=O) groups excluding carboxylic acids is 4. The molecule has 3 rings (SSSR count). The number of hydrogen-bond donors (Lipinski definition) is 0. The van der Waals surface area contributed by atoms with Crippen LogP contribution in [0.1, 0.15) is 60.0 Å². The number of ether oxygens (including phenoxy) is 4. The lowest BCUT2D eigenvalue weighted by atomic mass is 9.97. The van der Waals surface area contributed by atoms with Gasteiger partial charge in [-0.05, 0) is 70.2 Å². The van der Waals surface area contributed by atoms with Crippen molar-refractivity contribution in [1.82, 2.24) is 0 Å². The fourth-order valence-electron chi connectivity index (χ4n) is 3.68. The van der Waals surface area contributed by atoms with Gasteiger partial charge in [-0.1, -0.05) is 0 Å². The van der Waals surface area contributed by atoms with Crippen LogP contribution >= 0.6 is 0 Å². The largest absolute Gasteiger partial charge is 0.464 e. The van der Waals surface area contributed by atoms with Crippen LogP contribution in [0.5, 0.6) is 0 Å². The molecule has 2 aromatic rings.